The Morgan fingerprint density at radius 3 is 2.33 bits per heavy atom. The van der Waals surface area contributed by atoms with Gasteiger partial charge in [0.15, 0.2) is 0 Å². The molecule has 0 saturated carbocycles. The molecule has 2 aromatic heterocycles. The van der Waals surface area contributed by atoms with Crippen LogP contribution < -0.4 is 25.7 Å². The largest absolute Gasteiger partial charge is 0.495 e. The summed E-state index contributed by atoms with van der Waals surface area (Å²) in [6.45, 7) is 11.4. The molecule has 0 unspecified atom stereocenters. The van der Waals surface area contributed by atoms with Crippen molar-refractivity contribution in [3.8, 4) is 22.6 Å². The first-order valence-electron chi connectivity index (χ1n) is 13.1. The van der Waals surface area contributed by atoms with Crippen LogP contribution in [0.5, 0.6) is 11.5 Å². The Balaban J connectivity index is 1.86. The Hall–Kier alpha value is -4.05. The van der Waals surface area contributed by atoms with Gasteiger partial charge in [0, 0.05) is 41.1 Å². The number of allylic oxidation sites excluding steroid dienone is 1. The molecule has 220 valence electrons. The predicted molar refractivity (Wildman–Crippen MR) is 170 cm³/mol. The van der Waals surface area contributed by atoms with Gasteiger partial charge in [0.2, 0.25) is 5.95 Å². The number of nitrogens with zero attached hydrogens (tertiary/aromatic N) is 3. The summed E-state index contributed by atoms with van der Waals surface area (Å²) >= 11 is 13.4. The van der Waals surface area contributed by atoms with E-state index < -0.39 is 5.54 Å². The SMILES string of the molecule is C=CC(=C)Nc1ccc(CCn2c(=O)c(-c3c(Cl)c(OC)cc(OC)c3Cl)cc3cnc(NC(C)(C)CO)nc32)cc1. The zero-order chi connectivity index (χ0) is 30.6. The Labute approximate surface area is 254 Å². The number of halogens is 2. The highest BCUT2D eigenvalue weighted by Gasteiger charge is 2.24. The Morgan fingerprint density at radius 2 is 1.76 bits per heavy atom. The average molecular weight is 611 g/mol. The van der Waals surface area contributed by atoms with Crippen molar-refractivity contribution >= 4 is 45.9 Å². The normalized spacial score (nSPS) is 11.3. The number of aryl methyl sites for hydroxylation is 2. The number of methoxy groups -OCH3 is 2. The highest BCUT2D eigenvalue weighted by molar-refractivity contribution is 6.41. The van der Waals surface area contributed by atoms with E-state index in [0.29, 0.717) is 41.2 Å². The lowest BCUT2D eigenvalue weighted by Crippen LogP contribution is -2.36. The van der Waals surface area contributed by atoms with Crippen molar-refractivity contribution in [2.45, 2.75) is 32.4 Å². The Morgan fingerprint density at radius 1 is 1.12 bits per heavy atom. The summed E-state index contributed by atoms with van der Waals surface area (Å²) in [5.74, 6) is 0.905. The topological polar surface area (TPSA) is 111 Å². The van der Waals surface area contributed by atoms with E-state index in [0.717, 1.165) is 11.3 Å². The molecule has 0 fully saturated rings. The van der Waals surface area contributed by atoms with Gasteiger partial charge in [-0.2, -0.15) is 4.98 Å². The lowest BCUT2D eigenvalue weighted by molar-refractivity contribution is 0.233. The van der Waals surface area contributed by atoms with Crippen molar-refractivity contribution in [2.24, 2.45) is 0 Å². The minimum atomic E-state index is -0.677. The van der Waals surface area contributed by atoms with Crippen LogP contribution in [0.2, 0.25) is 10.0 Å². The predicted octanol–water partition coefficient (Wildman–Crippen LogP) is 6.32. The molecule has 4 aromatic rings. The molecule has 42 heavy (non-hydrogen) atoms. The molecule has 9 nitrogen and oxygen atoms in total. The number of hydrogen-bond acceptors (Lipinski definition) is 8. The molecular formula is C31H33Cl2N5O4. The smallest absolute Gasteiger partial charge is 0.260 e. The van der Waals surface area contributed by atoms with Crippen LogP contribution in [0.25, 0.3) is 22.2 Å². The maximum absolute atomic E-state index is 14.2. The highest BCUT2D eigenvalue weighted by Crippen LogP contribution is 2.45. The first kappa shape index (κ1) is 30.9. The van der Waals surface area contributed by atoms with E-state index in [9.17, 15) is 9.90 Å². The first-order valence-corrected chi connectivity index (χ1v) is 13.8. The number of rotatable bonds is 12. The number of benzene rings is 2. The average Bonchev–Trinajstić information content (AvgIpc) is 2.98. The summed E-state index contributed by atoms with van der Waals surface area (Å²) in [5, 5.41) is 17.0. The van der Waals surface area contributed by atoms with E-state index in [-0.39, 0.29) is 39.3 Å². The molecule has 0 radical (unpaired) electrons. The second-order valence-electron chi connectivity index (χ2n) is 10.2. The van der Waals surface area contributed by atoms with Gasteiger partial charge in [0.05, 0.1) is 42.0 Å². The monoisotopic (exact) mass is 609 g/mol. The van der Waals surface area contributed by atoms with Crippen LogP contribution in [0, 0.1) is 0 Å². The molecule has 4 rings (SSSR count). The van der Waals surface area contributed by atoms with Crippen molar-refractivity contribution in [1.82, 2.24) is 14.5 Å². The molecular weight excluding hydrogens is 577 g/mol. The molecule has 0 amide bonds. The van der Waals surface area contributed by atoms with Crippen LogP contribution in [0.1, 0.15) is 19.4 Å². The number of aliphatic hydroxyl groups is 1. The maximum atomic E-state index is 14.2. The molecule has 2 heterocycles. The van der Waals surface area contributed by atoms with Gasteiger partial charge in [-0.1, -0.05) is 48.5 Å². The number of anilines is 2. The van der Waals surface area contributed by atoms with Crippen LogP contribution in [-0.4, -0.2) is 46.0 Å². The molecule has 0 aliphatic carbocycles. The summed E-state index contributed by atoms with van der Waals surface area (Å²) in [7, 11) is 2.95. The maximum Gasteiger partial charge on any atom is 0.260 e. The lowest BCUT2D eigenvalue weighted by atomic mass is 10.0. The lowest BCUT2D eigenvalue weighted by Gasteiger charge is -2.23. The Bertz CT molecular complexity index is 1670. The molecule has 0 spiro atoms. The molecule has 2 aromatic carbocycles. The zero-order valence-electron chi connectivity index (χ0n) is 23.9. The van der Waals surface area contributed by atoms with Crippen molar-refractivity contribution in [1.29, 1.82) is 0 Å². The standard InChI is InChI=1S/C31H33Cl2N5O4/c1-7-18(2)35-21-10-8-19(9-11-21)12-13-38-28-20(16-34-30(36-28)37-31(3,4)17-39)14-22(29(38)40)25-26(32)23(41-5)15-24(42-6)27(25)33/h7-11,14-16,35,39H,1-2,12-13,17H2,3-6H3,(H,34,36,37). The highest BCUT2D eigenvalue weighted by atomic mass is 35.5. The molecule has 3 N–H and O–H groups in total. The van der Waals surface area contributed by atoms with Gasteiger partial charge in [-0.05, 0) is 50.1 Å². The fourth-order valence-corrected chi connectivity index (χ4v) is 5.01. The van der Waals surface area contributed by atoms with E-state index in [2.05, 4.69) is 33.8 Å². The van der Waals surface area contributed by atoms with Gasteiger partial charge in [0.1, 0.15) is 17.1 Å². The number of aliphatic hydroxyl groups excluding tert-OH is 1. The number of ether oxygens (including phenoxy) is 2. The summed E-state index contributed by atoms with van der Waals surface area (Å²) in [4.78, 5) is 23.3. The number of aromatic nitrogens is 3. The molecule has 0 atom stereocenters. The summed E-state index contributed by atoms with van der Waals surface area (Å²) in [6, 6.07) is 11.0. The van der Waals surface area contributed by atoms with E-state index in [1.807, 2.05) is 38.1 Å². The third-order valence-electron chi connectivity index (χ3n) is 6.64. The number of fused-ring (bicyclic) bond motifs is 1. The molecule has 0 saturated heterocycles. The summed E-state index contributed by atoms with van der Waals surface area (Å²) in [5.41, 5.74) is 2.49. The molecule has 11 heteroatoms. The molecule has 0 aliphatic rings. The van der Waals surface area contributed by atoms with Crippen LogP contribution in [-0.2, 0) is 13.0 Å². The van der Waals surface area contributed by atoms with Gasteiger partial charge in [-0.3, -0.25) is 9.36 Å². The van der Waals surface area contributed by atoms with Crippen LogP contribution in [0.4, 0.5) is 11.6 Å². The van der Waals surface area contributed by atoms with E-state index in [1.54, 1.807) is 29.0 Å². The number of pyridine rings is 1. The minimum Gasteiger partial charge on any atom is -0.495 e. The van der Waals surface area contributed by atoms with Crippen molar-refractivity contribution in [3.63, 3.8) is 0 Å². The van der Waals surface area contributed by atoms with Gasteiger partial charge < -0.3 is 25.2 Å². The van der Waals surface area contributed by atoms with Crippen molar-refractivity contribution < 1.29 is 14.6 Å². The third kappa shape index (κ3) is 6.54. The second kappa shape index (κ2) is 12.9. The van der Waals surface area contributed by atoms with E-state index in [1.165, 1.54) is 14.2 Å². The van der Waals surface area contributed by atoms with Gasteiger partial charge in [-0.25, -0.2) is 4.98 Å². The first-order chi connectivity index (χ1) is 20.0. The van der Waals surface area contributed by atoms with Gasteiger partial charge >= 0.3 is 0 Å². The molecule has 0 bridgehead atoms. The zero-order valence-corrected chi connectivity index (χ0v) is 25.4. The number of hydrogen-bond donors (Lipinski definition) is 3. The quantitative estimate of drug-likeness (QED) is 0.160. The summed E-state index contributed by atoms with van der Waals surface area (Å²) < 4.78 is 12.4. The van der Waals surface area contributed by atoms with E-state index >= 15 is 0 Å². The van der Waals surface area contributed by atoms with Crippen molar-refractivity contribution in [3.05, 3.63) is 93.5 Å². The third-order valence-corrected chi connectivity index (χ3v) is 7.40. The van der Waals surface area contributed by atoms with Crippen LogP contribution >= 0.6 is 23.2 Å². The second-order valence-corrected chi connectivity index (χ2v) is 11.0. The van der Waals surface area contributed by atoms with Crippen LogP contribution in [0.15, 0.2) is 72.3 Å². The van der Waals surface area contributed by atoms with Gasteiger partial charge in [0.25, 0.3) is 5.56 Å². The number of nitrogens with one attached hydrogen (secondary N) is 2. The van der Waals surface area contributed by atoms with Gasteiger partial charge in [-0.15, -0.1) is 0 Å². The minimum absolute atomic E-state index is 0.139. The van der Waals surface area contributed by atoms with Crippen molar-refractivity contribution in [2.75, 3.05) is 31.5 Å². The van der Waals surface area contributed by atoms with Crippen LogP contribution in [0.3, 0.4) is 0 Å². The van der Waals surface area contributed by atoms with E-state index in [4.69, 9.17) is 32.7 Å². The summed E-state index contributed by atoms with van der Waals surface area (Å²) in [6.07, 6.45) is 3.78. The fourth-order valence-electron chi connectivity index (χ4n) is 4.30. The Kier molecular flexibility index (Phi) is 9.46. The molecule has 0 aliphatic heterocycles. The fraction of sp³-hybridized carbons (Fsp3) is 0.258.